The van der Waals surface area contributed by atoms with Crippen molar-refractivity contribution in [1.29, 1.82) is 0 Å². The zero-order valence-electron chi connectivity index (χ0n) is 16.1. The number of benzene rings is 1. The van der Waals surface area contributed by atoms with Crippen molar-refractivity contribution in [2.75, 3.05) is 5.32 Å². The van der Waals surface area contributed by atoms with Crippen molar-refractivity contribution in [3.05, 3.63) is 54.2 Å². The number of aromatic nitrogens is 4. The predicted octanol–water partition coefficient (Wildman–Crippen LogP) is 4.48. The van der Waals surface area contributed by atoms with Crippen molar-refractivity contribution in [3.63, 3.8) is 0 Å². The van der Waals surface area contributed by atoms with E-state index in [1.165, 1.54) is 4.68 Å². The molecule has 1 N–H and O–H groups in total. The van der Waals surface area contributed by atoms with Crippen LogP contribution >= 0.6 is 0 Å². The highest BCUT2D eigenvalue weighted by Crippen LogP contribution is 2.23. The van der Waals surface area contributed by atoms with Crippen molar-refractivity contribution >= 4 is 17.6 Å². The van der Waals surface area contributed by atoms with E-state index >= 15 is 0 Å². The lowest BCUT2D eigenvalue weighted by atomic mass is 10.1. The summed E-state index contributed by atoms with van der Waals surface area (Å²) in [5.74, 6) is 1.50. The van der Waals surface area contributed by atoms with Crippen LogP contribution in [0, 0.1) is 13.8 Å². The summed E-state index contributed by atoms with van der Waals surface area (Å²) in [6, 6.07) is 7.83. The van der Waals surface area contributed by atoms with E-state index in [0.717, 1.165) is 28.2 Å². The quantitative estimate of drug-likeness (QED) is 0.737. The van der Waals surface area contributed by atoms with Crippen molar-refractivity contribution < 1.29 is 9.53 Å². The molecule has 140 valence electrons. The molecule has 3 rings (SSSR count). The normalized spacial score (nSPS) is 11.3. The highest BCUT2D eigenvalue weighted by Gasteiger charge is 2.18. The maximum atomic E-state index is 12.1. The first-order valence-corrected chi connectivity index (χ1v) is 8.67. The molecule has 0 radical (unpaired) electrons. The smallest absolute Gasteiger partial charge is 0.435 e. The molecule has 0 spiro atoms. The highest BCUT2D eigenvalue weighted by molar-refractivity contribution is 5.73. The lowest BCUT2D eigenvalue weighted by molar-refractivity contribution is 0.0514. The minimum absolute atomic E-state index is 0.498. The van der Waals surface area contributed by atoms with Crippen LogP contribution in [0.25, 0.3) is 11.1 Å². The average Bonchev–Trinajstić information content (AvgIpc) is 3.08. The molecule has 0 saturated heterocycles. The van der Waals surface area contributed by atoms with Gasteiger partial charge in [-0.3, -0.25) is 0 Å². The van der Waals surface area contributed by atoms with Gasteiger partial charge in [-0.05, 0) is 52.3 Å². The zero-order chi connectivity index (χ0) is 19.6. The molecule has 0 atom stereocenters. The number of nitrogens with zero attached hydrogens (tertiary/aromatic N) is 4. The summed E-state index contributed by atoms with van der Waals surface area (Å²) >= 11 is 0. The van der Waals surface area contributed by atoms with E-state index in [4.69, 9.17) is 4.74 Å². The van der Waals surface area contributed by atoms with Gasteiger partial charge < -0.3 is 10.1 Å². The van der Waals surface area contributed by atoms with Crippen molar-refractivity contribution in [2.24, 2.45) is 0 Å². The van der Waals surface area contributed by atoms with Gasteiger partial charge in [0.2, 0.25) is 0 Å². The molecule has 0 amide bonds. The van der Waals surface area contributed by atoms with E-state index in [-0.39, 0.29) is 0 Å². The minimum atomic E-state index is -0.562. The molecule has 0 aliphatic heterocycles. The number of nitrogens with one attached hydrogen (secondary N) is 1. The number of aryl methyl sites for hydroxylation is 2. The Balaban J connectivity index is 1.74. The molecule has 7 heteroatoms. The second kappa shape index (κ2) is 7.19. The molecule has 0 bridgehead atoms. The summed E-state index contributed by atoms with van der Waals surface area (Å²) in [7, 11) is 0. The maximum Gasteiger partial charge on any atom is 0.435 e. The van der Waals surface area contributed by atoms with Gasteiger partial charge in [0.25, 0.3) is 0 Å². The summed E-state index contributed by atoms with van der Waals surface area (Å²) < 4.78 is 6.53. The van der Waals surface area contributed by atoms with Crippen LogP contribution in [0.15, 0.2) is 42.9 Å². The first-order valence-electron chi connectivity index (χ1n) is 8.67. The van der Waals surface area contributed by atoms with E-state index in [2.05, 4.69) is 20.4 Å². The topological polar surface area (TPSA) is 81.9 Å². The first kappa shape index (κ1) is 18.6. The molecular formula is C20H23N5O2. The Hall–Kier alpha value is -3.22. The largest absolute Gasteiger partial charge is 0.442 e. The van der Waals surface area contributed by atoms with Crippen molar-refractivity contribution in [1.82, 2.24) is 19.7 Å². The summed E-state index contributed by atoms with van der Waals surface area (Å²) in [6.07, 6.45) is 4.60. The molecular weight excluding hydrogens is 342 g/mol. The fourth-order valence-electron chi connectivity index (χ4n) is 2.42. The molecule has 2 heterocycles. The molecule has 0 aliphatic rings. The van der Waals surface area contributed by atoms with E-state index in [9.17, 15) is 4.79 Å². The molecule has 0 fully saturated rings. The Bertz CT molecular complexity index is 955. The molecule has 1 aromatic carbocycles. The van der Waals surface area contributed by atoms with Gasteiger partial charge in [-0.15, -0.1) is 0 Å². The van der Waals surface area contributed by atoms with E-state index in [1.54, 1.807) is 18.6 Å². The van der Waals surface area contributed by atoms with Crippen LogP contribution in [0.4, 0.5) is 16.3 Å². The zero-order valence-corrected chi connectivity index (χ0v) is 16.1. The van der Waals surface area contributed by atoms with Crippen LogP contribution in [0.5, 0.6) is 0 Å². The first-order chi connectivity index (χ1) is 12.7. The Morgan fingerprint density at radius 2 is 1.78 bits per heavy atom. The summed E-state index contributed by atoms with van der Waals surface area (Å²) in [4.78, 5) is 20.7. The number of ether oxygens (including phenoxy) is 1. The number of hydrogen-bond donors (Lipinski definition) is 1. The van der Waals surface area contributed by atoms with E-state index in [1.807, 2.05) is 58.9 Å². The summed E-state index contributed by atoms with van der Waals surface area (Å²) in [5, 5.41) is 7.39. The third-order valence-corrected chi connectivity index (χ3v) is 3.74. The Morgan fingerprint density at radius 1 is 1.07 bits per heavy atom. The lowest BCUT2D eigenvalue weighted by Crippen LogP contribution is -2.27. The third-order valence-electron chi connectivity index (χ3n) is 3.74. The SMILES string of the molecule is Cc1ncc(C)c(Nc2ccc(-c3cnn(C(=O)OC(C)(C)C)c3)cc2)n1. The van der Waals surface area contributed by atoms with Gasteiger partial charge >= 0.3 is 6.09 Å². The summed E-state index contributed by atoms with van der Waals surface area (Å²) in [5.41, 5.74) is 3.11. The van der Waals surface area contributed by atoms with Gasteiger partial charge in [0, 0.05) is 29.2 Å². The highest BCUT2D eigenvalue weighted by atomic mass is 16.6. The second-order valence-electron chi connectivity index (χ2n) is 7.31. The lowest BCUT2D eigenvalue weighted by Gasteiger charge is -2.18. The van der Waals surface area contributed by atoms with Gasteiger partial charge in [-0.25, -0.2) is 14.8 Å². The van der Waals surface area contributed by atoms with Crippen LogP contribution in [0.2, 0.25) is 0 Å². The van der Waals surface area contributed by atoms with Gasteiger partial charge in [-0.1, -0.05) is 12.1 Å². The fraction of sp³-hybridized carbons (Fsp3) is 0.300. The van der Waals surface area contributed by atoms with Crippen LogP contribution in [0.3, 0.4) is 0 Å². The Labute approximate surface area is 158 Å². The van der Waals surface area contributed by atoms with Crippen molar-refractivity contribution in [3.8, 4) is 11.1 Å². The molecule has 0 aliphatic carbocycles. The molecule has 7 nitrogen and oxygen atoms in total. The van der Waals surface area contributed by atoms with Gasteiger partial charge in [0.05, 0.1) is 6.20 Å². The van der Waals surface area contributed by atoms with E-state index < -0.39 is 11.7 Å². The number of carbonyl (C=O) groups excluding carboxylic acids is 1. The Kier molecular flexibility index (Phi) is 4.94. The van der Waals surface area contributed by atoms with Gasteiger partial charge in [0.1, 0.15) is 17.2 Å². The molecule has 0 unspecified atom stereocenters. The fourth-order valence-corrected chi connectivity index (χ4v) is 2.42. The summed E-state index contributed by atoms with van der Waals surface area (Å²) in [6.45, 7) is 9.28. The van der Waals surface area contributed by atoms with Crippen molar-refractivity contribution in [2.45, 2.75) is 40.2 Å². The van der Waals surface area contributed by atoms with Crippen LogP contribution in [-0.2, 0) is 4.74 Å². The Morgan fingerprint density at radius 3 is 2.44 bits per heavy atom. The number of anilines is 2. The molecule has 0 saturated carbocycles. The monoisotopic (exact) mass is 365 g/mol. The van der Waals surface area contributed by atoms with Crippen LogP contribution < -0.4 is 5.32 Å². The van der Waals surface area contributed by atoms with E-state index in [0.29, 0.717) is 5.82 Å². The number of carbonyl (C=O) groups is 1. The second-order valence-corrected chi connectivity index (χ2v) is 7.31. The third kappa shape index (κ3) is 4.69. The molecule has 2 aromatic heterocycles. The van der Waals surface area contributed by atoms with Gasteiger partial charge in [0.15, 0.2) is 0 Å². The molecule has 27 heavy (non-hydrogen) atoms. The average molecular weight is 365 g/mol. The van der Waals surface area contributed by atoms with Crippen LogP contribution in [0.1, 0.15) is 32.2 Å². The molecule has 3 aromatic rings. The number of hydrogen-bond acceptors (Lipinski definition) is 6. The van der Waals surface area contributed by atoms with Crippen LogP contribution in [-0.4, -0.2) is 31.4 Å². The van der Waals surface area contributed by atoms with Gasteiger partial charge in [-0.2, -0.15) is 9.78 Å². The standard InChI is InChI=1S/C20H23N5O2/c1-13-10-21-14(2)23-18(13)24-17-8-6-15(7-9-17)16-11-22-25(12-16)19(26)27-20(3,4)5/h6-12H,1-5H3,(H,21,23,24). The predicted molar refractivity (Wildman–Crippen MR) is 104 cm³/mol. The minimum Gasteiger partial charge on any atom is -0.442 e. The maximum absolute atomic E-state index is 12.1. The number of rotatable bonds is 3.